The molecule has 1 aliphatic heterocycles. The Morgan fingerprint density at radius 3 is 2.43 bits per heavy atom. The zero-order chi connectivity index (χ0) is 21.9. The van der Waals surface area contributed by atoms with Gasteiger partial charge in [-0.25, -0.2) is 12.7 Å². The van der Waals surface area contributed by atoms with Crippen LogP contribution in [0.2, 0.25) is 10.0 Å². The molecule has 30 heavy (non-hydrogen) atoms. The number of hydrogen-bond donors (Lipinski definition) is 2. The third-order valence-corrected chi connectivity index (χ3v) is 7.47. The van der Waals surface area contributed by atoms with Crippen LogP contribution >= 0.6 is 23.2 Å². The van der Waals surface area contributed by atoms with E-state index >= 15 is 0 Å². The second kappa shape index (κ2) is 9.34. The van der Waals surface area contributed by atoms with Gasteiger partial charge in [-0.3, -0.25) is 9.59 Å². The van der Waals surface area contributed by atoms with E-state index in [9.17, 15) is 18.0 Å². The fourth-order valence-corrected chi connectivity index (χ4v) is 5.22. The standard InChI is InChI=1S/C20H21Cl2N3O4S/c21-17-8-3-13(10-18(17)22)12-30(28,29)25-9-1-2-15(11-25)20(27)24-16-6-4-14(5-7-16)19(23)26/h3-8,10,15H,1-2,9,11-12H2,(H2,23,26)(H,24,27). The van der Waals surface area contributed by atoms with E-state index in [-0.39, 0.29) is 18.2 Å². The summed E-state index contributed by atoms with van der Waals surface area (Å²) < 4.78 is 27.1. The van der Waals surface area contributed by atoms with Gasteiger partial charge in [0, 0.05) is 24.3 Å². The van der Waals surface area contributed by atoms with E-state index in [0.717, 1.165) is 0 Å². The zero-order valence-corrected chi connectivity index (χ0v) is 18.3. The van der Waals surface area contributed by atoms with E-state index in [0.29, 0.717) is 46.2 Å². The minimum absolute atomic E-state index is 0.106. The van der Waals surface area contributed by atoms with Crippen LogP contribution in [0.15, 0.2) is 42.5 Å². The van der Waals surface area contributed by atoms with Crippen molar-refractivity contribution in [1.29, 1.82) is 0 Å². The average Bonchev–Trinajstić information content (AvgIpc) is 2.71. The molecule has 0 spiro atoms. The average molecular weight is 470 g/mol. The summed E-state index contributed by atoms with van der Waals surface area (Å²) in [6.45, 7) is 0.468. The molecule has 1 heterocycles. The quantitative estimate of drug-likeness (QED) is 0.675. The Hall–Kier alpha value is -2.13. The minimum Gasteiger partial charge on any atom is -0.366 e. The first-order valence-electron chi connectivity index (χ1n) is 9.28. The highest BCUT2D eigenvalue weighted by molar-refractivity contribution is 7.88. The number of nitrogens with two attached hydrogens (primary N) is 1. The number of nitrogens with zero attached hydrogens (tertiary/aromatic N) is 1. The maximum atomic E-state index is 12.9. The van der Waals surface area contributed by atoms with E-state index in [2.05, 4.69) is 5.32 Å². The molecule has 10 heteroatoms. The molecule has 3 rings (SSSR count). The van der Waals surface area contributed by atoms with Crippen molar-refractivity contribution in [2.45, 2.75) is 18.6 Å². The normalized spacial score (nSPS) is 17.5. The molecule has 0 aliphatic carbocycles. The van der Waals surface area contributed by atoms with Crippen LogP contribution in [0.3, 0.4) is 0 Å². The number of anilines is 1. The van der Waals surface area contributed by atoms with Crippen molar-refractivity contribution in [3.05, 3.63) is 63.6 Å². The summed E-state index contributed by atoms with van der Waals surface area (Å²) in [5, 5.41) is 3.42. The van der Waals surface area contributed by atoms with Crippen LogP contribution < -0.4 is 11.1 Å². The first-order valence-corrected chi connectivity index (χ1v) is 11.6. The molecule has 0 radical (unpaired) electrons. The summed E-state index contributed by atoms with van der Waals surface area (Å²) in [5.41, 5.74) is 6.59. The lowest BCUT2D eigenvalue weighted by molar-refractivity contribution is -0.120. The molecule has 3 N–H and O–H groups in total. The smallest absolute Gasteiger partial charge is 0.248 e. The van der Waals surface area contributed by atoms with Gasteiger partial charge in [-0.15, -0.1) is 0 Å². The fraction of sp³-hybridized carbons (Fsp3) is 0.300. The summed E-state index contributed by atoms with van der Waals surface area (Å²) in [7, 11) is -3.62. The van der Waals surface area contributed by atoms with Gasteiger partial charge in [-0.1, -0.05) is 29.3 Å². The summed E-state index contributed by atoms with van der Waals surface area (Å²) in [5.74, 6) is -1.51. The highest BCUT2D eigenvalue weighted by Crippen LogP contribution is 2.26. The van der Waals surface area contributed by atoms with Gasteiger partial charge in [0.15, 0.2) is 0 Å². The Bertz CT molecular complexity index is 1060. The molecule has 7 nitrogen and oxygen atoms in total. The number of carbonyl (C=O) groups excluding carboxylic acids is 2. The van der Waals surface area contributed by atoms with Crippen LogP contribution in [0, 0.1) is 5.92 Å². The van der Waals surface area contributed by atoms with Crippen molar-refractivity contribution in [2.24, 2.45) is 11.7 Å². The summed E-state index contributed by atoms with van der Waals surface area (Å²) in [4.78, 5) is 23.8. The Balaban J connectivity index is 1.65. The van der Waals surface area contributed by atoms with E-state index < -0.39 is 21.8 Å². The molecule has 2 aromatic carbocycles. The molecule has 1 unspecified atom stereocenters. The number of benzene rings is 2. The molecular formula is C20H21Cl2N3O4S. The number of piperidine rings is 1. The number of rotatable bonds is 6. The first kappa shape index (κ1) is 22.6. The predicted octanol–water partition coefficient (Wildman–Crippen LogP) is 3.27. The molecule has 1 atom stereocenters. The van der Waals surface area contributed by atoms with E-state index in [1.807, 2.05) is 0 Å². The van der Waals surface area contributed by atoms with Crippen molar-refractivity contribution in [2.75, 3.05) is 18.4 Å². The number of hydrogen-bond acceptors (Lipinski definition) is 4. The van der Waals surface area contributed by atoms with Crippen LogP contribution in [0.25, 0.3) is 0 Å². The molecular weight excluding hydrogens is 449 g/mol. The molecule has 2 aromatic rings. The lowest BCUT2D eigenvalue weighted by atomic mass is 9.98. The highest BCUT2D eigenvalue weighted by Gasteiger charge is 2.32. The van der Waals surface area contributed by atoms with Gasteiger partial charge in [-0.05, 0) is 54.8 Å². The van der Waals surface area contributed by atoms with Gasteiger partial charge in [0.1, 0.15) is 0 Å². The van der Waals surface area contributed by atoms with E-state index in [1.54, 1.807) is 24.3 Å². The third kappa shape index (κ3) is 5.51. The van der Waals surface area contributed by atoms with Gasteiger partial charge in [0.05, 0.1) is 21.7 Å². The van der Waals surface area contributed by atoms with Gasteiger partial charge in [-0.2, -0.15) is 0 Å². The maximum absolute atomic E-state index is 12.9. The Morgan fingerprint density at radius 2 is 1.80 bits per heavy atom. The van der Waals surface area contributed by atoms with Crippen molar-refractivity contribution in [3.63, 3.8) is 0 Å². The number of sulfonamides is 1. The van der Waals surface area contributed by atoms with Gasteiger partial charge in [0.2, 0.25) is 21.8 Å². The molecule has 0 bridgehead atoms. The third-order valence-electron chi connectivity index (χ3n) is 4.92. The van der Waals surface area contributed by atoms with Crippen LogP contribution in [0.1, 0.15) is 28.8 Å². The summed E-state index contributed by atoms with van der Waals surface area (Å²) in [6.07, 6.45) is 1.17. The minimum atomic E-state index is -3.62. The topological polar surface area (TPSA) is 110 Å². The number of amides is 2. The summed E-state index contributed by atoms with van der Waals surface area (Å²) in [6, 6.07) is 10.9. The Labute approximate surface area is 185 Å². The molecule has 2 amide bonds. The number of nitrogens with one attached hydrogen (secondary N) is 1. The lowest BCUT2D eigenvalue weighted by Gasteiger charge is -2.31. The van der Waals surface area contributed by atoms with Crippen LogP contribution in [-0.2, 0) is 20.6 Å². The molecule has 1 saturated heterocycles. The van der Waals surface area contributed by atoms with Crippen molar-refractivity contribution in [1.82, 2.24) is 4.31 Å². The molecule has 1 aliphatic rings. The second-order valence-electron chi connectivity index (χ2n) is 7.13. The van der Waals surface area contributed by atoms with Gasteiger partial charge >= 0.3 is 0 Å². The highest BCUT2D eigenvalue weighted by atomic mass is 35.5. The predicted molar refractivity (Wildman–Crippen MR) is 117 cm³/mol. The van der Waals surface area contributed by atoms with E-state index in [4.69, 9.17) is 28.9 Å². The lowest BCUT2D eigenvalue weighted by Crippen LogP contribution is -2.44. The van der Waals surface area contributed by atoms with Gasteiger partial charge in [0.25, 0.3) is 0 Å². The van der Waals surface area contributed by atoms with Crippen molar-refractivity contribution < 1.29 is 18.0 Å². The maximum Gasteiger partial charge on any atom is 0.248 e. The molecule has 0 saturated carbocycles. The number of carbonyl (C=O) groups is 2. The largest absolute Gasteiger partial charge is 0.366 e. The fourth-order valence-electron chi connectivity index (χ4n) is 3.30. The molecule has 0 aromatic heterocycles. The van der Waals surface area contributed by atoms with Crippen LogP contribution in [0.4, 0.5) is 5.69 Å². The number of primary amides is 1. The Morgan fingerprint density at radius 1 is 1.10 bits per heavy atom. The monoisotopic (exact) mass is 469 g/mol. The second-order valence-corrected chi connectivity index (χ2v) is 9.92. The van der Waals surface area contributed by atoms with Crippen molar-refractivity contribution >= 4 is 50.7 Å². The zero-order valence-electron chi connectivity index (χ0n) is 16.0. The van der Waals surface area contributed by atoms with E-state index in [1.165, 1.54) is 22.5 Å². The molecule has 160 valence electrons. The molecule has 1 fully saturated rings. The van der Waals surface area contributed by atoms with Crippen LogP contribution in [0.5, 0.6) is 0 Å². The van der Waals surface area contributed by atoms with Crippen molar-refractivity contribution in [3.8, 4) is 0 Å². The number of halogens is 2. The first-order chi connectivity index (χ1) is 14.2. The SMILES string of the molecule is NC(=O)c1ccc(NC(=O)C2CCCN(S(=O)(=O)Cc3ccc(Cl)c(Cl)c3)C2)cc1. The Kier molecular flexibility index (Phi) is 7.02. The van der Waals surface area contributed by atoms with Crippen LogP contribution in [-0.4, -0.2) is 37.6 Å². The van der Waals surface area contributed by atoms with Gasteiger partial charge < -0.3 is 11.1 Å². The summed E-state index contributed by atoms with van der Waals surface area (Å²) >= 11 is 11.9.